The first-order chi connectivity index (χ1) is 7.56. The third-order valence-corrected chi connectivity index (χ3v) is 3.17. The zero-order valence-corrected chi connectivity index (χ0v) is 11.7. The lowest BCUT2D eigenvalue weighted by Crippen LogP contribution is -2.09. The summed E-state index contributed by atoms with van der Waals surface area (Å²) < 4.78 is 2.98. The van der Waals surface area contributed by atoms with Crippen molar-refractivity contribution in [3.8, 4) is 0 Å². The minimum atomic E-state index is 0.336. The fraction of sp³-hybridized carbons (Fsp3) is 0.667. The first kappa shape index (κ1) is 13.4. The SMILES string of the molecule is CCCC(=O)CCc1c(Br)cnn1C(C)C. The van der Waals surface area contributed by atoms with Crippen LogP contribution in [-0.4, -0.2) is 15.6 Å². The van der Waals surface area contributed by atoms with Crippen molar-refractivity contribution in [1.29, 1.82) is 0 Å². The lowest BCUT2D eigenvalue weighted by Gasteiger charge is -2.11. The summed E-state index contributed by atoms with van der Waals surface area (Å²) in [6.45, 7) is 6.22. The van der Waals surface area contributed by atoms with Gasteiger partial charge in [-0.1, -0.05) is 6.92 Å². The number of hydrogen-bond donors (Lipinski definition) is 0. The lowest BCUT2D eigenvalue weighted by molar-refractivity contribution is -0.119. The predicted octanol–water partition coefficient (Wildman–Crippen LogP) is 3.53. The van der Waals surface area contributed by atoms with Crippen LogP contribution in [0.25, 0.3) is 0 Å². The molecule has 0 N–H and O–H groups in total. The number of rotatable bonds is 6. The molecule has 0 aliphatic rings. The van der Waals surface area contributed by atoms with E-state index in [0.717, 1.165) is 23.0 Å². The zero-order valence-electron chi connectivity index (χ0n) is 10.2. The highest BCUT2D eigenvalue weighted by atomic mass is 79.9. The minimum absolute atomic E-state index is 0.336. The summed E-state index contributed by atoms with van der Waals surface area (Å²) in [5, 5.41) is 4.30. The normalized spacial score (nSPS) is 11.1. The minimum Gasteiger partial charge on any atom is -0.300 e. The summed E-state index contributed by atoms with van der Waals surface area (Å²) in [4.78, 5) is 11.5. The highest BCUT2D eigenvalue weighted by Crippen LogP contribution is 2.21. The largest absolute Gasteiger partial charge is 0.300 e. The Morgan fingerprint density at radius 1 is 1.50 bits per heavy atom. The van der Waals surface area contributed by atoms with Crippen molar-refractivity contribution in [2.45, 2.75) is 52.5 Å². The molecule has 1 rings (SSSR count). The van der Waals surface area contributed by atoms with Crippen molar-refractivity contribution in [2.24, 2.45) is 0 Å². The molecule has 1 aromatic rings. The van der Waals surface area contributed by atoms with Gasteiger partial charge in [0.25, 0.3) is 0 Å². The number of aromatic nitrogens is 2. The molecular weight excluding hydrogens is 268 g/mol. The molecule has 0 amide bonds. The van der Waals surface area contributed by atoms with Gasteiger partial charge in [-0.15, -0.1) is 0 Å². The van der Waals surface area contributed by atoms with Gasteiger partial charge >= 0.3 is 0 Å². The number of Topliss-reactive ketones (excluding diaryl/α,β-unsaturated/α-hetero) is 1. The third-order valence-electron chi connectivity index (χ3n) is 2.51. The van der Waals surface area contributed by atoms with Crippen molar-refractivity contribution in [3.05, 3.63) is 16.4 Å². The Kier molecular flexibility index (Phi) is 5.19. The van der Waals surface area contributed by atoms with Crippen LogP contribution in [0, 0.1) is 0 Å². The van der Waals surface area contributed by atoms with Crippen LogP contribution < -0.4 is 0 Å². The summed E-state index contributed by atoms with van der Waals surface area (Å²) in [5.74, 6) is 0.339. The van der Waals surface area contributed by atoms with Crippen LogP contribution in [0.2, 0.25) is 0 Å². The van der Waals surface area contributed by atoms with Gasteiger partial charge in [-0.3, -0.25) is 9.48 Å². The summed E-state index contributed by atoms with van der Waals surface area (Å²) in [6, 6.07) is 0.336. The maximum atomic E-state index is 11.5. The fourth-order valence-corrected chi connectivity index (χ4v) is 2.18. The van der Waals surface area contributed by atoms with Crippen LogP contribution >= 0.6 is 15.9 Å². The highest BCUT2D eigenvalue weighted by molar-refractivity contribution is 9.10. The van der Waals surface area contributed by atoms with Crippen molar-refractivity contribution in [1.82, 2.24) is 9.78 Å². The number of ketones is 1. The molecule has 0 saturated carbocycles. The van der Waals surface area contributed by atoms with E-state index in [0.29, 0.717) is 24.7 Å². The molecule has 0 unspecified atom stereocenters. The molecule has 90 valence electrons. The van der Waals surface area contributed by atoms with Gasteiger partial charge in [0.2, 0.25) is 0 Å². The van der Waals surface area contributed by atoms with Gasteiger partial charge in [0.1, 0.15) is 5.78 Å². The Morgan fingerprint density at radius 2 is 2.19 bits per heavy atom. The van der Waals surface area contributed by atoms with Gasteiger partial charge in [0, 0.05) is 18.9 Å². The fourth-order valence-electron chi connectivity index (χ4n) is 1.71. The molecule has 0 fully saturated rings. The molecule has 3 nitrogen and oxygen atoms in total. The number of halogens is 1. The van der Waals surface area contributed by atoms with E-state index in [1.54, 1.807) is 6.20 Å². The topological polar surface area (TPSA) is 34.9 Å². The molecule has 0 saturated heterocycles. The first-order valence-corrected chi connectivity index (χ1v) is 6.59. The molecule has 0 aromatic carbocycles. The lowest BCUT2D eigenvalue weighted by atomic mass is 10.1. The summed E-state index contributed by atoms with van der Waals surface area (Å²) in [5.41, 5.74) is 1.12. The van der Waals surface area contributed by atoms with E-state index in [1.165, 1.54) is 0 Å². The molecule has 0 radical (unpaired) electrons. The van der Waals surface area contributed by atoms with E-state index in [9.17, 15) is 4.79 Å². The highest BCUT2D eigenvalue weighted by Gasteiger charge is 2.12. The molecular formula is C12H19BrN2O. The Hall–Kier alpha value is -0.640. The Bertz CT molecular complexity index is 358. The molecule has 0 bridgehead atoms. The van der Waals surface area contributed by atoms with Gasteiger partial charge in [0.05, 0.1) is 16.4 Å². The molecule has 16 heavy (non-hydrogen) atoms. The van der Waals surface area contributed by atoms with E-state index in [4.69, 9.17) is 0 Å². The second-order valence-corrected chi connectivity index (χ2v) is 5.12. The molecule has 0 aliphatic carbocycles. The van der Waals surface area contributed by atoms with Crippen LogP contribution in [0.1, 0.15) is 51.8 Å². The van der Waals surface area contributed by atoms with Gasteiger partial charge in [-0.05, 0) is 42.6 Å². The maximum absolute atomic E-state index is 11.5. The third kappa shape index (κ3) is 3.44. The molecule has 1 aromatic heterocycles. The summed E-state index contributed by atoms with van der Waals surface area (Å²) >= 11 is 3.48. The van der Waals surface area contributed by atoms with E-state index < -0.39 is 0 Å². The quantitative estimate of drug-likeness (QED) is 0.802. The Morgan fingerprint density at radius 3 is 2.75 bits per heavy atom. The molecule has 0 aliphatic heterocycles. The summed E-state index contributed by atoms with van der Waals surface area (Å²) in [7, 11) is 0. The first-order valence-electron chi connectivity index (χ1n) is 5.79. The van der Waals surface area contributed by atoms with Crippen LogP contribution in [0.3, 0.4) is 0 Å². The second kappa shape index (κ2) is 6.18. The van der Waals surface area contributed by atoms with Crippen molar-refractivity contribution >= 4 is 21.7 Å². The molecule has 0 spiro atoms. The Balaban J connectivity index is 2.65. The van der Waals surface area contributed by atoms with Crippen molar-refractivity contribution in [2.75, 3.05) is 0 Å². The van der Waals surface area contributed by atoms with Crippen LogP contribution in [-0.2, 0) is 11.2 Å². The average molecular weight is 287 g/mol. The van der Waals surface area contributed by atoms with Crippen molar-refractivity contribution < 1.29 is 4.79 Å². The molecule has 4 heteroatoms. The van der Waals surface area contributed by atoms with Gasteiger partial charge in [-0.25, -0.2) is 0 Å². The van der Waals surface area contributed by atoms with E-state index in [1.807, 2.05) is 11.6 Å². The second-order valence-electron chi connectivity index (χ2n) is 4.27. The van der Waals surface area contributed by atoms with Crippen molar-refractivity contribution in [3.63, 3.8) is 0 Å². The standard InChI is InChI=1S/C12H19BrN2O/c1-4-5-10(16)6-7-12-11(13)8-14-15(12)9(2)3/h8-9H,4-7H2,1-3H3. The van der Waals surface area contributed by atoms with Gasteiger partial charge < -0.3 is 0 Å². The van der Waals surface area contributed by atoms with E-state index >= 15 is 0 Å². The average Bonchev–Trinajstić information content (AvgIpc) is 2.57. The molecule has 0 atom stereocenters. The van der Waals surface area contributed by atoms with Crippen LogP contribution in [0.15, 0.2) is 10.7 Å². The number of nitrogens with zero attached hydrogens (tertiary/aromatic N) is 2. The monoisotopic (exact) mass is 286 g/mol. The van der Waals surface area contributed by atoms with Gasteiger partial charge in [-0.2, -0.15) is 5.10 Å². The maximum Gasteiger partial charge on any atom is 0.133 e. The smallest absolute Gasteiger partial charge is 0.133 e. The predicted molar refractivity (Wildman–Crippen MR) is 68.5 cm³/mol. The van der Waals surface area contributed by atoms with E-state index in [2.05, 4.69) is 34.9 Å². The number of carbonyl (C=O) groups excluding carboxylic acids is 1. The molecule has 1 heterocycles. The van der Waals surface area contributed by atoms with E-state index in [-0.39, 0.29) is 0 Å². The van der Waals surface area contributed by atoms with Crippen LogP contribution in [0.4, 0.5) is 0 Å². The summed E-state index contributed by atoms with van der Waals surface area (Å²) in [6.07, 6.45) is 4.82. The van der Waals surface area contributed by atoms with Crippen LogP contribution in [0.5, 0.6) is 0 Å². The number of carbonyl (C=O) groups is 1. The Labute approximate surface area is 105 Å². The number of hydrogen-bond acceptors (Lipinski definition) is 2. The van der Waals surface area contributed by atoms with Gasteiger partial charge in [0.15, 0.2) is 0 Å². The zero-order chi connectivity index (χ0) is 12.1.